The van der Waals surface area contributed by atoms with Crippen LogP contribution in [0.15, 0.2) is 18.2 Å². The highest BCUT2D eigenvalue weighted by Gasteiger charge is 2.03. The van der Waals surface area contributed by atoms with Gasteiger partial charge in [-0.15, -0.1) is 0 Å². The van der Waals surface area contributed by atoms with Crippen molar-refractivity contribution >= 4 is 17.2 Å². The monoisotopic (exact) mass is 162 g/mol. The average molecular weight is 162 g/mol. The number of hydrogen-bond donors (Lipinski definition) is 2. The summed E-state index contributed by atoms with van der Waals surface area (Å²) in [5.74, 6) is 0.131. The molecule has 0 amide bonds. The van der Waals surface area contributed by atoms with E-state index < -0.39 is 0 Å². The number of aromatic amines is 1. The molecule has 0 fully saturated rings. The molecule has 0 atom stereocenters. The number of hydrogen-bond acceptors (Lipinski definition) is 3. The molecule has 0 saturated heterocycles. The molecule has 1 aromatic heterocycles. The number of nitrogens with zero attached hydrogens (tertiary/aromatic N) is 1. The van der Waals surface area contributed by atoms with Gasteiger partial charge in [-0.1, -0.05) is 0 Å². The Balaban J connectivity index is 2.83. The Morgan fingerprint density at radius 2 is 2.33 bits per heavy atom. The minimum atomic E-state index is 0.131. The van der Waals surface area contributed by atoms with Crippen LogP contribution < -0.4 is 0 Å². The summed E-state index contributed by atoms with van der Waals surface area (Å²) in [5.41, 5.74) is 1.07. The van der Waals surface area contributed by atoms with Gasteiger partial charge in [0.1, 0.15) is 11.4 Å². The van der Waals surface area contributed by atoms with Crippen molar-refractivity contribution in [2.24, 2.45) is 0 Å². The first kappa shape index (κ1) is 6.84. The molecule has 0 saturated carbocycles. The SMILES string of the molecule is O=Cc1[nH]nc2ccc(O)cc12. The van der Waals surface area contributed by atoms with Crippen molar-refractivity contribution in [3.8, 4) is 5.75 Å². The van der Waals surface area contributed by atoms with Crippen LogP contribution in [0.1, 0.15) is 10.5 Å². The second-order valence-electron chi connectivity index (χ2n) is 2.46. The average Bonchev–Trinajstić information content (AvgIpc) is 2.46. The second-order valence-corrected chi connectivity index (χ2v) is 2.46. The number of carbonyl (C=O) groups is 1. The predicted octanol–water partition coefficient (Wildman–Crippen LogP) is 1.08. The third kappa shape index (κ3) is 0.852. The highest BCUT2D eigenvalue weighted by Crippen LogP contribution is 2.19. The maximum absolute atomic E-state index is 10.4. The van der Waals surface area contributed by atoms with Crippen LogP contribution in [0.25, 0.3) is 10.9 Å². The number of benzene rings is 1. The Kier molecular flexibility index (Phi) is 1.33. The summed E-state index contributed by atoms with van der Waals surface area (Å²) in [6.45, 7) is 0. The number of rotatable bonds is 1. The largest absolute Gasteiger partial charge is 0.508 e. The Bertz CT molecular complexity index is 434. The molecule has 2 N–H and O–H groups in total. The maximum atomic E-state index is 10.4. The van der Waals surface area contributed by atoms with E-state index in [0.717, 1.165) is 0 Å². The van der Waals surface area contributed by atoms with Crippen molar-refractivity contribution in [2.45, 2.75) is 0 Å². The first-order valence-electron chi connectivity index (χ1n) is 3.43. The van der Waals surface area contributed by atoms with Crippen molar-refractivity contribution in [1.29, 1.82) is 0 Å². The number of aromatic nitrogens is 2. The normalized spacial score (nSPS) is 10.3. The fourth-order valence-electron chi connectivity index (χ4n) is 1.11. The molecule has 2 aromatic rings. The summed E-state index contributed by atoms with van der Waals surface area (Å²) < 4.78 is 0. The lowest BCUT2D eigenvalue weighted by molar-refractivity contribution is 0.112. The Morgan fingerprint density at radius 1 is 1.50 bits per heavy atom. The van der Waals surface area contributed by atoms with Gasteiger partial charge in [-0.3, -0.25) is 9.89 Å². The van der Waals surface area contributed by atoms with E-state index >= 15 is 0 Å². The molecular weight excluding hydrogens is 156 g/mol. The van der Waals surface area contributed by atoms with Gasteiger partial charge in [0.25, 0.3) is 0 Å². The number of nitrogens with one attached hydrogen (secondary N) is 1. The smallest absolute Gasteiger partial charge is 0.168 e. The quantitative estimate of drug-likeness (QED) is 0.616. The molecule has 60 valence electrons. The Hall–Kier alpha value is -1.84. The number of fused-ring (bicyclic) bond motifs is 1. The van der Waals surface area contributed by atoms with Crippen LogP contribution in [0.5, 0.6) is 5.75 Å². The van der Waals surface area contributed by atoms with Crippen molar-refractivity contribution in [2.75, 3.05) is 0 Å². The molecule has 1 aromatic carbocycles. The van der Waals surface area contributed by atoms with Crippen molar-refractivity contribution in [3.05, 3.63) is 23.9 Å². The highest BCUT2D eigenvalue weighted by molar-refractivity contribution is 5.95. The Morgan fingerprint density at radius 3 is 3.08 bits per heavy atom. The zero-order valence-electron chi connectivity index (χ0n) is 6.11. The van der Waals surface area contributed by atoms with E-state index in [9.17, 15) is 4.79 Å². The molecule has 0 aliphatic rings. The zero-order chi connectivity index (χ0) is 8.55. The summed E-state index contributed by atoms with van der Waals surface area (Å²) >= 11 is 0. The fourth-order valence-corrected chi connectivity index (χ4v) is 1.11. The molecule has 4 heteroatoms. The van der Waals surface area contributed by atoms with E-state index in [1.165, 1.54) is 12.1 Å². The van der Waals surface area contributed by atoms with Gasteiger partial charge in [-0.25, -0.2) is 0 Å². The van der Waals surface area contributed by atoms with Crippen LogP contribution in [0.2, 0.25) is 0 Å². The molecule has 12 heavy (non-hydrogen) atoms. The van der Waals surface area contributed by atoms with Gasteiger partial charge in [0, 0.05) is 5.39 Å². The van der Waals surface area contributed by atoms with Gasteiger partial charge < -0.3 is 5.11 Å². The lowest BCUT2D eigenvalue weighted by Crippen LogP contribution is -1.78. The highest BCUT2D eigenvalue weighted by atomic mass is 16.3. The van der Waals surface area contributed by atoms with E-state index in [0.29, 0.717) is 22.9 Å². The van der Waals surface area contributed by atoms with Gasteiger partial charge in [-0.05, 0) is 18.2 Å². The van der Waals surface area contributed by atoms with Crippen LogP contribution in [0.4, 0.5) is 0 Å². The number of carbonyl (C=O) groups excluding carboxylic acids is 1. The molecular formula is C8H6N2O2. The lowest BCUT2D eigenvalue weighted by Gasteiger charge is -1.89. The number of phenolic OH excluding ortho intramolecular Hbond substituents is 1. The van der Waals surface area contributed by atoms with Crippen LogP contribution in [0.3, 0.4) is 0 Å². The lowest BCUT2D eigenvalue weighted by atomic mass is 10.2. The summed E-state index contributed by atoms with van der Waals surface area (Å²) in [5, 5.41) is 16.2. The number of phenols is 1. The van der Waals surface area contributed by atoms with Crippen LogP contribution in [0, 0.1) is 0 Å². The van der Waals surface area contributed by atoms with Crippen molar-refractivity contribution in [3.63, 3.8) is 0 Å². The topological polar surface area (TPSA) is 66.0 Å². The molecule has 4 nitrogen and oxygen atoms in total. The van der Waals surface area contributed by atoms with Crippen molar-refractivity contribution in [1.82, 2.24) is 10.2 Å². The van der Waals surface area contributed by atoms with E-state index in [1.807, 2.05) is 0 Å². The van der Waals surface area contributed by atoms with Crippen LogP contribution >= 0.6 is 0 Å². The van der Waals surface area contributed by atoms with Gasteiger partial charge in [-0.2, -0.15) is 5.10 Å². The minimum Gasteiger partial charge on any atom is -0.508 e. The molecule has 0 spiro atoms. The van der Waals surface area contributed by atoms with Crippen LogP contribution in [-0.4, -0.2) is 21.6 Å². The molecule has 0 bridgehead atoms. The van der Waals surface area contributed by atoms with E-state index in [4.69, 9.17) is 5.11 Å². The number of aromatic hydroxyl groups is 1. The van der Waals surface area contributed by atoms with Crippen LogP contribution in [-0.2, 0) is 0 Å². The van der Waals surface area contributed by atoms with Gasteiger partial charge in [0.15, 0.2) is 6.29 Å². The van der Waals surface area contributed by atoms with E-state index in [1.54, 1.807) is 6.07 Å². The van der Waals surface area contributed by atoms with E-state index in [-0.39, 0.29) is 5.75 Å². The van der Waals surface area contributed by atoms with Gasteiger partial charge in [0.05, 0.1) is 5.52 Å². The minimum absolute atomic E-state index is 0.131. The summed E-state index contributed by atoms with van der Waals surface area (Å²) in [7, 11) is 0. The molecule has 2 rings (SSSR count). The molecule has 0 aliphatic heterocycles. The number of H-pyrrole nitrogens is 1. The summed E-state index contributed by atoms with van der Waals surface area (Å²) in [6.07, 6.45) is 0.675. The molecule has 1 heterocycles. The first-order chi connectivity index (χ1) is 5.81. The second kappa shape index (κ2) is 2.34. The first-order valence-corrected chi connectivity index (χ1v) is 3.43. The van der Waals surface area contributed by atoms with Gasteiger partial charge >= 0.3 is 0 Å². The maximum Gasteiger partial charge on any atom is 0.168 e. The predicted molar refractivity (Wildman–Crippen MR) is 43.1 cm³/mol. The van der Waals surface area contributed by atoms with Gasteiger partial charge in [0.2, 0.25) is 0 Å². The summed E-state index contributed by atoms with van der Waals surface area (Å²) in [4.78, 5) is 10.4. The fraction of sp³-hybridized carbons (Fsp3) is 0. The zero-order valence-corrected chi connectivity index (χ0v) is 6.11. The molecule has 0 radical (unpaired) electrons. The molecule has 0 aliphatic carbocycles. The Labute approximate surface area is 67.8 Å². The third-order valence-electron chi connectivity index (χ3n) is 1.68. The van der Waals surface area contributed by atoms with Crippen molar-refractivity contribution < 1.29 is 9.90 Å². The van der Waals surface area contributed by atoms with E-state index in [2.05, 4.69) is 10.2 Å². The number of aldehydes is 1. The molecule has 0 unspecified atom stereocenters. The summed E-state index contributed by atoms with van der Waals surface area (Å²) in [6, 6.07) is 4.68. The standard InChI is InChI=1S/C8H6N2O2/c11-4-8-6-3-5(12)1-2-7(6)9-10-8/h1-4,12H,(H,9,10). The third-order valence-corrected chi connectivity index (χ3v) is 1.68.